The van der Waals surface area contributed by atoms with Crippen LogP contribution in [-0.4, -0.2) is 21.4 Å². The van der Waals surface area contributed by atoms with Crippen molar-refractivity contribution < 1.29 is 14.3 Å². The Morgan fingerprint density at radius 2 is 1.55 bits per heavy atom. The van der Waals surface area contributed by atoms with E-state index < -0.39 is 23.1 Å². The molecule has 0 aliphatic rings. The van der Waals surface area contributed by atoms with Gasteiger partial charge in [0.25, 0.3) is 5.56 Å². The number of hydrogen-bond donors (Lipinski definition) is 2. The minimum Gasteiger partial charge on any atom is -0.444 e. The summed E-state index contributed by atoms with van der Waals surface area (Å²) >= 11 is 0. The third-order valence-electron chi connectivity index (χ3n) is 4.17. The van der Waals surface area contributed by atoms with E-state index in [1.165, 1.54) is 6.92 Å². The second-order valence-corrected chi connectivity index (χ2v) is 6.30. The van der Waals surface area contributed by atoms with Crippen LogP contribution >= 0.6 is 0 Å². The minimum atomic E-state index is -0.886. The smallest absolute Gasteiger partial charge is 0.413 e. The number of Topliss-reactive ketones (excluding diaryl/α,β-unsaturated/α-hetero) is 1. The van der Waals surface area contributed by atoms with Crippen molar-refractivity contribution in [1.29, 1.82) is 0 Å². The van der Waals surface area contributed by atoms with Crippen LogP contribution in [0.2, 0.25) is 0 Å². The van der Waals surface area contributed by atoms with Gasteiger partial charge >= 0.3 is 11.8 Å². The number of benzene rings is 2. The SMILES string of the molecule is CC(=O)c1c(NC(=O)OCc2ccccc2)n(Cc2ccccc2)c(=O)[nH]c1=O. The molecular weight excluding hydrogens is 374 g/mol. The third-order valence-corrected chi connectivity index (χ3v) is 4.17. The van der Waals surface area contributed by atoms with Gasteiger partial charge in [-0.25, -0.2) is 9.59 Å². The first kappa shape index (κ1) is 19.8. The van der Waals surface area contributed by atoms with E-state index in [1.807, 2.05) is 12.1 Å². The molecule has 2 aromatic carbocycles. The lowest BCUT2D eigenvalue weighted by atomic mass is 10.2. The Kier molecular flexibility index (Phi) is 6.03. The second kappa shape index (κ2) is 8.83. The summed E-state index contributed by atoms with van der Waals surface area (Å²) in [6, 6.07) is 18.0. The van der Waals surface area contributed by atoms with E-state index in [2.05, 4.69) is 10.3 Å². The molecule has 0 bridgehead atoms. The molecule has 0 saturated carbocycles. The first-order valence-corrected chi connectivity index (χ1v) is 8.85. The molecular formula is C21H19N3O5. The molecule has 29 heavy (non-hydrogen) atoms. The summed E-state index contributed by atoms with van der Waals surface area (Å²) in [5.41, 5.74) is -0.427. The van der Waals surface area contributed by atoms with Gasteiger partial charge in [0, 0.05) is 0 Å². The topological polar surface area (TPSA) is 110 Å². The number of nitrogens with zero attached hydrogens (tertiary/aromatic N) is 1. The van der Waals surface area contributed by atoms with Gasteiger partial charge < -0.3 is 4.74 Å². The Morgan fingerprint density at radius 1 is 0.966 bits per heavy atom. The molecule has 8 heteroatoms. The molecule has 1 heterocycles. The van der Waals surface area contributed by atoms with Gasteiger partial charge in [-0.1, -0.05) is 60.7 Å². The van der Waals surface area contributed by atoms with Crippen molar-refractivity contribution in [2.45, 2.75) is 20.1 Å². The predicted molar refractivity (Wildman–Crippen MR) is 107 cm³/mol. The van der Waals surface area contributed by atoms with E-state index in [9.17, 15) is 19.2 Å². The molecule has 0 atom stereocenters. The number of carbonyl (C=O) groups excluding carboxylic acids is 2. The van der Waals surface area contributed by atoms with Gasteiger partial charge in [-0.2, -0.15) is 0 Å². The summed E-state index contributed by atoms with van der Waals surface area (Å²) in [6.45, 7) is 1.22. The summed E-state index contributed by atoms with van der Waals surface area (Å²) in [4.78, 5) is 51.1. The molecule has 0 fully saturated rings. The highest BCUT2D eigenvalue weighted by Crippen LogP contribution is 2.14. The van der Waals surface area contributed by atoms with E-state index in [4.69, 9.17) is 4.74 Å². The summed E-state index contributed by atoms with van der Waals surface area (Å²) in [6.07, 6.45) is -0.886. The average molecular weight is 393 g/mol. The van der Waals surface area contributed by atoms with Gasteiger partial charge in [-0.05, 0) is 18.1 Å². The first-order chi connectivity index (χ1) is 14.0. The van der Waals surface area contributed by atoms with Gasteiger partial charge in [0.1, 0.15) is 18.0 Å². The number of nitrogens with one attached hydrogen (secondary N) is 2. The maximum Gasteiger partial charge on any atom is 0.413 e. The highest BCUT2D eigenvalue weighted by atomic mass is 16.5. The highest BCUT2D eigenvalue weighted by Gasteiger charge is 2.21. The zero-order valence-electron chi connectivity index (χ0n) is 15.7. The highest BCUT2D eigenvalue weighted by molar-refractivity contribution is 6.01. The van der Waals surface area contributed by atoms with Crippen LogP contribution < -0.4 is 16.6 Å². The Morgan fingerprint density at radius 3 is 2.14 bits per heavy atom. The number of aromatic amines is 1. The fraction of sp³-hybridized carbons (Fsp3) is 0.143. The summed E-state index contributed by atoms with van der Waals surface area (Å²) in [5.74, 6) is -0.792. The molecule has 0 spiro atoms. The van der Waals surface area contributed by atoms with Gasteiger partial charge in [-0.3, -0.25) is 24.5 Å². The van der Waals surface area contributed by atoms with Crippen LogP contribution in [0.25, 0.3) is 0 Å². The molecule has 3 aromatic rings. The fourth-order valence-corrected chi connectivity index (χ4v) is 2.80. The van der Waals surface area contributed by atoms with Crippen molar-refractivity contribution in [2.75, 3.05) is 5.32 Å². The number of rotatable bonds is 6. The van der Waals surface area contributed by atoms with Crippen LogP contribution in [0.1, 0.15) is 28.4 Å². The maximum absolute atomic E-state index is 12.4. The minimum absolute atomic E-state index is 0.00577. The van der Waals surface area contributed by atoms with E-state index in [0.717, 1.165) is 15.7 Å². The van der Waals surface area contributed by atoms with Gasteiger partial charge in [0.05, 0.1) is 6.54 Å². The van der Waals surface area contributed by atoms with Crippen LogP contribution in [0.3, 0.4) is 0 Å². The molecule has 0 aliphatic carbocycles. The zero-order chi connectivity index (χ0) is 20.8. The third kappa shape index (κ3) is 4.86. The lowest BCUT2D eigenvalue weighted by Crippen LogP contribution is -2.37. The van der Waals surface area contributed by atoms with Gasteiger partial charge in [0.15, 0.2) is 5.78 Å². The number of aromatic nitrogens is 2. The van der Waals surface area contributed by atoms with Crippen molar-refractivity contribution in [2.24, 2.45) is 0 Å². The Balaban J connectivity index is 1.94. The van der Waals surface area contributed by atoms with Crippen LogP contribution in [-0.2, 0) is 17.9 Å². The van der Waals surface area contributed by atoms with Gasteiger partial charge in [-0.15, -0.1) is 0 Å². The zero-order valence-corrected chi connectivity index (χ0v) is 15.7. The Hall–Kier alpha value is -3.94. The van der Waals surface area contributed by atoms with Crippen LogP contribution in [0.4, 0.5) is 10.6 Å². The predicted octanol–water partition coefficient (Wildman–Crippen LogP) is 2.54. The molecule has 0 radical (unpaired) electrons. The maximum atomic E-state index is 12.4. The van der Waals surface area contributed by atoms with Gasteiger partial charge in [0.2, 0.25) is 0 Å². The number of carbonyl (C=O) groups is 2. The number of ether oxygens (including phenoxy) is 1. The molecule has 8 nitrogen and oxygen atoms in total. The number of amides is 1. The molecule has 3 rings (SSSR count). The molecule has 1 amide bonds. The number of H-pyrrole nitrogens is 1. The number of ketones is 1. The lowest BCUT2D eigenvalue weighted by Gasteiger charge is -2.16. The monoisotopic (exact) mass is 393 g/mol. The number of hydrogen-bond acceptors (Lipinski definition) is 5. The summed E-state index contributed by atoms with van der Waals surface area (Å²) in [5, 5.41) is 2.39. The normalized spacial score (nSPS) is 10.4. The van der Waals surface area contributed by atoms with E-state index >= 15 is 0 Å². The standard InChI is InChI=1S/C21H19N3O5/c1-14(25)17-18(22-21(28)29-13-16-10-6-3-7-11-16)24(20(27)23-19(17)26)12-15-8-4-2-5-9-15/h2-11H,12-13H2,1H3,(H,22,28)(H,23,26,27). The van der Waals surface area contributed by atoms with E-state index in [1.54, 1.807) is 48.5 Å². The van der Waals surface area contributed by atoms with Crippen LogP contribution in [0.15, 0.2) is 70.3 Å². The van der Waals surface area contributed by atoms with Crippen molar-refractivity contribution in [3.63, 3.8) is 0 Å². The van der Waals surface area contributed by atoms with Crippen LogP contribution in [0.5, 0.6) is 0 Å². The quantitative estimate of drug-likeness (QED) is 0.626. The summed E-state index contributed by atoms with van der Waals surface area (Å²) < 4.78 is 6.29. The summed E-state index contributed by atoms with van der Waals surface area (Å²) in [7, 11) is 0. The Bertz CT molecular complexity index is 1130. The van der Waals surface area contributed by atoms with Crippen molar-refractivity contribution in [3.05, 3.63) is 98.2 Å². The number of anilines is 1. The van der Waals surface area contributed by atoms with Crippen molar-refractivity contribution >= 4 is 17.7 Å². The fourth-order valence-electron chi connectivity index (χ4n) is 2.80. The first-order valence-electron chi connectivity index (χ1n) is 8.85. The van der Waals surface area contributed by atoms with Crippen molar-refractivity contribution in [3.8, 4) is 0 Å². The van der Waals surface area contributed by atoms with Crippen LogP contribution in [0, 0.1) is 0 Å². The largest absolute Gasteiger partial charge is 0.444 e. The lowest BCUT2D eigenvalue weighted by molar-refractivity contribution is 0.101. The molecule has 1 aromatic heterocycles. The van der Waals surface area contributed by atoms with E-state index in [-0.39, 0.29) is 24.5 Å². The molecule has 0 unspecified atom stereocenters. The molecule has 148 valence electrons. The second-order valence-electron chi connectivity index (χ2n) is 6.30. The Labute approximate surface area is 165 Å². The molecule has 0 aliphatic heterocycles. The van der Waals surface area contributed by atoms with Crippen molar-refractivity contribution in [1.82, 2.24) is 9.55 Å². The van der Waals surface area contributed by atoms with E-state index in [0.29, 0.717) is 0 Å². The average Bonchev–Trinajstić information content (AvgIpc) is 2.70. The molecule has 2 N–H and O–H groups in total. The molecule has 0 saturated heterocycles.